The van der Waals surface area contributed by atoms with Crippen molar-refractivity contribution in [2.75, 3.05) is 0 Å². The number of unbranched alkanes of at least 4 members (excludes halogenated alkanes) is 2. The van der Waals surface area contributed by atoms with Gasteiger partial charge in [-0.25, -0.2) is 9.18 Å². The number of phenolic OH excluding ortho intramolecular Hbond substituents is 1. The Bertz CT molecular complexity index is 1200. The first kappa shape index (κ1) is 19.8. The maximum atomic E-state index is 13.0. The molecule has 0 aliphatic rings. The van der Waals surface area contributed by atoms with E-state index in [1.54, 1.807) is 30.6 Å². The second kappa shape index (κ2) is 8.91. The van der Waals surface area contributed by atoms with Gasteiger partial charge in [0.05, 0.1) is 5.39 Å². The molecule has 0 bridgehead atoms. The zero-order valence-corrected chi connectivity index (χ0v) is 16.5. The summed E-state index contributed by atoms with van der Waals surface area (Å²) in [6.07, 6.45) is 7.94. The monoisotopic (exact) mass is 403 g/mol. The smallest absolute Gasteiger partial charge is 0.336 e. The molecular weight excluding hydrogens is 381 g/mol. The number of aryl methyl sites for hydroxylation is 2. The number of aromatic nitrogens is 1. The standard InChI is InChI=1S/C25H22FNO3/c26-20-8-6-17(7-9-20)4-2-1-3-5-18-14-22(28)25-21(19-10-12-27-13-11-19)16-24(29)30-23(25)15-18/h6-16,28H,1-5H2. The van der Waals surface area contributed by atoms with Gasteiger partial charge < -0.3 is 9.52 Å². The minimum absolute atomic E-state index is 0.101. The van der Waals surface area contributed by atoms with Crippen LogP contribution < -0.4 is 5.63 Å². The van der Waals surface area contributed by atoms with Gasteiger partial charge in [0, 0.05) is 24.0 Å². The highest BCUT2D eigenvalue weighted by atomic mass is 19.1. The number of hydrogen-bond acceptors (Lipinski definition) is 4. The van der Waals surface area contributed by atoms with E-state index in [9.17, 15) is 14.3 Å². The second-order valence-corrected chi connectivity index (χ2v) is 7.39. The largest absolute Gasteiger partial charge is 0.507 e. The molecule has 2 aromatic heterocycles. The Morgan fingerprint density at radius 1 is 0.867 bits per heavy atom. The SMILES string of the molecule is O=c1cc(-c2ccncc2)c2c(O)cc(CCCCCc3ccc(F)cc3)cc2o1. The molecule has 5 heteroatoms. The Hall–Kier alpha value is -3.47. The van der Waals surface area contributed by atoms with Crippen LogP contribution in [0.1, 0.15) is 30.4 Å². The van der Waals surface area contributed by atoms with Crippen LogP contribution in [0, 0.1) is 5.82 Å². The van der Waals surface area contributed by atoms with Crippen molar-refractivity contribution in [1.29, 1.82) is 0 Å². The molecule has 152 valence electrons. The summed E-state index contributed by atoms with van der Waals surface area (Å²) in [5, 5.41) is 11.2. The van der Waals surface area contributed by atoms with E-state index in [1.807, 2.05) is 18.2 Å². The Labute approximate surface area is 173 Å². The number of nitrogens with zero attached hydrogens (tertiary/aromatic N) is 1. The van der Waals surface area contributed by atoms with Crippen LogP contribution >= 0.6 is 0 Å². The number of halogens is 1. The number of hydrogen-bond donors (Lipinski definition) is 1. The zero-order valence-electron chi connectivity index (χ0n) is 16.5. The fourth-order valence-corrected chi connectivity index (χ4v) is 3.72. The van der Waals surface area contributed by atoms with Crippen molar-refractivity contribution in [2.45, 2.75) is 32.1 Å². The van der Waals surface area contributed by atoms with E-state index in [0.29, 0.717) is 16.5 Å². The van der Waals surface area contributed by atoms with E-state index in [1.165, 1.54) is 18.2 Å². The van der Waals surface area contributed by atoms with E-state index < -0.39 is 5.63 Å². The first-order chi connectivity index (χ1) is 14.6. The molecule has 2 heterocycles. The molecule has 2 aromatic carbocycles. The van der Waals surface area contributed by atoms with Crippen LogP contribution in [0.15, 0.2) is 76.2 Å². The highest BCUT2D eigenvalue weighted by molar-refractivity contribution is 5.97. The molecule has 1 N–H and O–H groups in total. The summed E-state index contributed by atoms with van der Waals surface area (Å²) in [5.41, 5.74) is 3.42. The highest BCUT2D eigenvalue weighted by Gasteiger charge is 2.13. The fraction of sp³-hybridized carbons (Fsp3) is 0.200. The maximum Gasteiger partial charge on any atom is 0.336 e. The molecule has 0 saturated carbocycles. The zero-order chi connectivity index (χ0) is 20.9. The van der Waals surface area contributed by atoms with Crippen LogP contribution in [0.4, 0.5) is 4.39 Å². The van der Waals surface area contributed by atoms with E-state index in [0.717, 1.165) is 48.8 Å². The normalized spacial score (nSPS) is 11.1. The van der Waals surface area contributed by atoms with Gasteiger partial charge in [-0.05, 0) is 78.8 Å². The molecule has 0 saturated heterocycles. The first-order valence-corrected chi connectivity index (χ1v) is 10.0. The highest BCUT2D eigenvalue weighted by Crippen LogP contribution is 2.34. The third-order valence-electron chi connectivity index (χ3n) is 5.22. The molecule has 0 aliphatic carbocycles. The summed E-state index contributed by atoms with van der Waals surface area (Å²) in [6, 6.07) is 15.2. The van der Waals surface area contributed by atoms with Crippen molar-refractivity contribution in [3.8, 4) is 16.9 Å². The molecule has 0 radical (unpaired) electrons. The van der Waals surface area contributed by atoms with Gasteiger partial charge in [-0.1, -0.05) is 18.6 Å². The topological polar surface area (TPSA) is 63.3 Å². The lowest BCUT2D eigenvalue weighted by atomic mass is 9.98. The van der Waals surface area contributed by atoms with Gasteiger partial charge in [-0.15, -0.1) is 0 Å². The van der Waals surface area contributed by atoms with Crippen LogP contribution in [0.3, 0.4) is 0 Å². The Kier molecular flexibility index (Phi) is 5.89. The predicted octanol–water partition coefficient (Wildman–Crippen LogP) is 5.66. The summed E-state index contributed by atoms with van der Waals surface area (Å²) in [7, 11) is 0. The number of pyridine rings is 1. The quantitative estimate of drug-likeness (QED) is 0.320. The number of benzene rings is 2. The lowest BCUT2D eigenvalue weighted by molar-refractivity contribution is 0.478. The van der Waals surface area contributed by atoms with Crippen molar-refractivity contribution in [3.05, 3.63) is 94.4 Å². The van der Waals surface area contributed by atoms with Crippen molar-refractivity contribution in [2.24, 2.45) is 0 Å². The number of phenols is 1. The van der Waals surface area contributed by atoms with Crippen LogP contribution in [-0.2, 0) is 12.8 Å². The summed E-state index contributed by atoms with van der Waals surface area (Å²) in [4.78, 5) is 16.1. The van der Waals surface area contributed by atoms with E-state index >= 15 is 0 Å². The molecule has 0 amide bonds. The van der Waals surface area contributed by atoms with Gasteiger partial charge in [-0.2, -0.15) is 0 Å². The lowest BCUT2D eigenvalue weighted by Crippen LogP contribution is -1.99. The summed E-state index contributed by atoms with van der Waals surface area (Å²) in [6.45, 7) is 0. The van der Waals surface area contributed by atoms with Gasteiger partial charge in [0.2, 0.25) is 0 Å². The Morgan fingerprint density at radius 3 is 2.30 bits per heavy atom. The predicted molar refractivity (Wildman–Crippen MR) is 115 cm³/mol. The Balaban J connectivity index is 1.46. The van der Waals surface area contributed by atoms with Crippen LogP contribution in [0.25, 0.3) is 22.1 Å². The third-order valence-corrected chi connectivity index (χ3v) is 5.22. The van der Waals surface area contributed by atoms with Crippen LogP contribution in [0.5, 0.6) is 5.75 Å². The van der Waals surface area contributed by atoms with Gasteiger partial charge in [0.15, 0.2) is 0 Å². The minimum Gasteiger partial charge on any atom is -0.507 e. The number of fused-ring (bicyclic) bond motifs is 1. The maximum absolute atomic E-state index is 13.0. The molecule has 4 aromatic rings. The lowest BCUT2D eigenvalue weighted by Gasteiger charge is -2.10. The van der Waals surface area contributed by atoms with Crippen LogP contribution in [0.2, 0.25) is 0 Å². The van der Waals surface area contributed by atoms with Crippen molar-refractivity contribution < 1.29 is 13.9 Å². The molecule has 0 spiro atoms. The molecule has 0 aliphatic heterocycles. The molecule has 0 unspecified atom stereocenters. The summed E-state index contributed by atoms with van der Waals surface area (Å²) >= 11 is 0. The number of rotatable bonds is 7. The minimum atomic E-state index is -0.454. The second-order valence-electron chi connectivity index (χ2n) is 7.39. The van der Waals surface area contributed by atoms with Crippen molar-refractivity contribution in [1.82, 2.24) is 4.98 Å². The Morgan fingerprint density at radius 2 is 1.57 bits per heavy atom. The van der Waals surface area contributed by atoms with E-state index in [4.69, 9.17) is 4.42 Å². The summed E-state index contributed by atoms with van der Waals surface area (Å²) in [5.74, 6) is -0.113. The van der Waals surface area contributed by atoms with Gasteiger partial charge in [0.25, 0.3) is 0 Å². The van der Waals surface area contributed by atoms with Crippen molar-refractivity contribution in [3.63, 3.8) is 0 Å². The van der Waals surface area contributed by atoms with Crippen molar-refractivity contribution >= 4 is 11.0 Å². The molecule has 0 atom stereocenters. The van der Waals surface area contributed by atoms with E-state index in [-0.39, 0.29) is 11.6 Å². The summed E-state index contributed by atoms with van der Waals surface area (Å²) < 4.78 is 18.3. The molecule has 30 heavy (non-hydrogen) atoms. The molecule has 0 fully saturated rings. The first-order valence-electron chi connectivity index (χ1n) is 10.0. The molecule has 4 nitrogen and oxygen atoms in total. The van der Waals surface area contributed by atoms with Crippen LogP contribution in [-0.4, -0.2) is 10.1 Å². The van der Waals surface area contributed by atoms with Gasteiger partial charge in [0.1, 0.15) is 17.1 Å². The van der Waals surface area contributed by atoms with Gasteiger partial charge in [-0.3, -0.25) is 4.98 Å². The average Bonchev–Trinajstić information content (AvgIpc) is 2.74. The number of aromatic hydroxyl groups is 1. The third kappa shape index (κ3) is 4.57. The molecular formula is C25H22FNO3. The van der Waals surface area contributed by atoms with E-state index in [2.05, 4.69) is 4.98 Å². The van der Waals surface area contributed by atoms with Gasteiger partial charge >= 0.3 is 5.63 Å². The molecule has 4 rings (SSSR count). The fourth-order valence-electron chi connectivity index (χ4n) is 3.72. The average molecular weight is 403 g/mol.